The highest BCUT2D eigenvalue weighted by Gasteiger charge is 2.42. The normalized spacial score (nSPS) is 21.8. The second-order valence-electron chi connectivity index (χ2n) is 9.60. The number of nitrogens with one attached hydrogen (secondary N) is 2. The Labute approximate surface area is 245 Å². The Kier molecular flexibility index (Phi) is 9.36. The molecule has 0 bridgehead atoms. The van der Waals surface area contributed by atoms with Crippen LogP contribution in [0.4, 0.5) is 0 Å². The number of carbonyl (C=O) groups is 5. The van der Waals surface area contributed by atoms with E-state index in [0.717, 1.165) is 15.6 Å². The molecule has 0 aromatic heterocycles. The van der Waals surface area contributed by atoms with Crippen LogP contribution in [0.5, 0.6) is 5.75 Å². The number of phenolic OH excluding ortho intramolecular Hbond substituents is 1. The van der Waals surface area contributed by atoms with Crippen LogP contribution in [0.3, 0.4) is 0 Å². The average molecular weight is 607 g/mol. The highest BCUT2D eigenvalue weighted by atomic mass is 35.5. The molecule has 2 aliphatic rings. The van der Waals surface area contributed by atoms with Gasteiger partial charge in [0.25, 0.3) is 11.8 Å². The summed E-state index contributed by atoms with van der Waals surface area (Å²) in [7, 11) is 1.35. The molecule has 41 heavy (non-hydrogen) atoms. The zero-order chi connectivity index (χ0) is 29.8. The Hall–Kier alpha value is -3.87. The first kappa shape index (κ1) is 30.1. The number of carbonyl (C=O) groups excluding carboxylic acids is 5. The third-order valence-corrected chi connectivity index (χ3v) is 7.31. The van der Waals surface area contributed by atoms with E-state index >= 15 is 0 Å². The van der Waals surface area contributed by atoms with Gasteiger partial charge in [-0.15, -0.1) is 0 Å². The van der Waals surface area contributed by atoms with Crippen LogP contribution in [-0.2, 0) is 35.3 Å². The number of hydrogen-bond donors (Lipinski definition) is 3. The van der Waals surface area contributed by atoms with Gasteiger partial charge in [-0.05, 0) is 31.0 Å². The Morgan fingerprint density at radius 1 is 1.12 bits per heavy atom. The van der Waals surface area contributed by atoms with Crippen molar-refractivity contribution in [3.63, 3.8) is 0 Å². The van der Waals surface area contributed by atoms with E-state index in [1.54, 1.807) is 0 Å². The lowest BCUT2D eigenvalue weighted by atomic mass is 10.1. The van der Waals surface area contributed by atoms with E-state index < -0.39 is 59.8 Å². The van der Waals surface area contributed by atoms with E-state index in [1.165, 1.54) is 26.1 Å². The van der Waals surface area contributed by atoms with Crippen LogP contribution in [-0.4, -0.2) is 76.2 Å². The zero-order valence-electron chi connectivity index (χ0n) is 22.1. The fourth-order valence-corrected chi connectivity index (χ4v) is 4.96. The van der Waals surface area contributed by atoms with Crippen molar-refractivity contribution in [2.24, 2.45) is 0 Å². The number of ether oxygens (including phenoxy) is 2. The summed E-state index contributed by atoms with van der Waals surface area (Å²) in [5.74, 6) is -3.50. The summed E-state index contributed by atoms with van der Waals surface area (Å²) >= 11 is 11.8. The molecule has 14 heteroatoms. The van der Waals surface area contributed by atoms with Gasteiger partial charge in [0.2, 0.25) is 18.1 Å². The Morgan fingerprint density at radius 2 is 1.78 bits per heavy atom. The molecule has 2 fully saturated rings. The minimum Gasteiger partial charge on any atom is -0.505 e. The SMILES string of the molecule is CC(C(=O)N[C@H]1CC(=O)O[C@H]1OCc1ccccc1)N1C(=O)[C@@H](NC(=O)c2cc(Cl)c(O)c(Cl)c2)CCC(=O)N1C. The third-order valence-electron chi connectivity index (χ3n) is 6.73. The van der Waals surface area contributed by atoms with Gasteiger partial charge < -0.3 is 25.2 Å². The van der Waals surface area contributed by atoms with Gasteiger partial charge in [-0.3, -0.25) is 29.0 Å². The molecule has 0 aliphatic carbocycles. The minimum atomic E-state index is -1.21. The van der Waals surface area contributed by atoms with Crippen molar-refractivity contribution in [1.82, 2.24) is 20.7 Å². The number of aromatic hydroxyl groups is 1. The minimum absolute atomic E-state index is 0.0145. The van der Waals surface area contributed by atoms with Gasteiger partial charge >= 0.3 is 5.97 Å². The number of phenols is 1. The van der Waals surface area contributed by atoms with Crippen LogP contribution in [0.1, 0.15) is 42.1 Å². The number of hydrazine groups is 1. The van der Waals surface area contributed by atoms with Crippen molar-refractivity contribution in [3.05, 3.63) is 63.6 Å². The molecule has 2 aliphatic heterocycles. The van der Waals surface area contributed by atoms with Crippen molar-refractivity contribution in [2.45, 2.75) is 57.2 Å². The number of hydrogen-bond acceptors (Lipinski definition) is 8. The van der Waals surface area contributed by atoms with Crippen LogP contribution < -0.4 is 10.6 Å². The Balaban J connectivity index is 1.46. The first-order valence-corrected chi connectivity index (χ1v) is 13.5. The monoisotopic (exact) mass is 606 g/mol. The van der Waals surface area contributed by atoms with Crippen molar-refractivity contribution in [3.8, 4) is 5.75 Å². The maximum Gasteiger partial charge on any atom is 0.310 e. The van der Waals surface area contributed by atoms with E-state index in [1.807, 2.05) is 30.3 Å². The van der Waals surface area contributed by atoms with Crippen molar-refractivity contribution < 1.29 is 38.6 Å². The number of benzene rings is 2. The van der Waals surface area contributed by atoms with E-state index in [4.69, 9.17) is 32.7 Å². The number of halogens is 2. The molecule has 0 spiro atoms. The lowest BCUT2D eigenvalue weighted by Gasteiger charge is -2.36. The van der Waals surface area contributed by atoms with E-state index in [2.05, 4.69) is 10.6 Å². The van der Waals surface area contributed by atoms with Gasteiger partial charge in [-0.2, -0.15) is 0 Å². The fraction of sp³-hybridized carbons (Fsp3) is 0.370. The number of amides is 4. The average Bonchev–Trinajstić information content (AvgIpc) is 3.26. The topological polar surface area (TPSA) is 155 Å². The van der Waals surface area contributed by atoms with Gasteiger partial charge in [-0.1, -0.05) is 53.5 Å². The molecule has 12 nitrogen and oxygen atoms in total. The molecular formula is C27H28Cl2N4O8. The molecule has 3 N–H and O–H groups in total. The van der Waals surface area contributed by atoms with Gasteiger partial charge in [0.15, 0.2) is 5.75 Å². The van der Waals surface area contributed by atoms with Crippen LogP contribution >= 0.6 is 23.2 Å². The van der Waals surface area contributed by atoms with Crippen molar-refractivity contribution in [2.75, 3.05) is 7.05 Å². The van der Waals surface area contributed by atoms with Gasteiger partial charge in [0, 0.05) is 19.0 Å². The molecular weight excluding hydrogens is 579 g/mol. The number of cyclic esters (lactones) is 1. The largest absolute Gasteiger partial charge is 0.505 e. The predicted octanol–water partition coefficient (Wildman–Crippen LogP) is 2.16. The fourth-order valence-electron chi connectivity index (χ4n) is 4.48. The molecule has 2 aromatic rings. The molecule has 1 unspecified atom stereocenters. The maximum atomic E-state index is 13.6. The van der Waals surface area contributed by atoms with Gasteiger partial charge in [0.05, 0.1) is 23.1 Å². The maximum absolute atomic E-state index is 13.6. The summed E-state index contributed by atoms with van der Waals surface area (Å²) in [6, 6.07) is 8.36. The smallest absolute Gasteiger partial charge is 0.310 e. The number of esters is 1. The molecule has 2 aromatic carbocycles. The quantitative estimate of drug-likeness (QED) is 0.386. The molecule has 4 amide bonds. The zero-order valence-corrected chi connectivity index (χ0v) is 23.6. The molecule has 0 saturated carbocycles. The summed E-state index contributed by atoms with van der Waals surface area (Å²) < 4.78 is 10.9. The Bertz CT molecular complexity index is 1340. The van der Waals surface area contributed by atoms with Gasteiger partial charge in [0.1, 0.15) is 18.1 Å². The molecule has 4 atom stereocenters. The second-order valence-corrected chi connectivity index (χ2v) is 10.4. The number of nitrogens with zero attached hydrogens (tertiary/aromatic N) is 2. The third kappa shape index (κ3) is 6.89. The Morgan fingerprint density at radius 3 is 2.44 bits per heavy atom. The highest BCUT2D eigenvalue weighted by molar-refractivity contribution is 6.37. The molecule has 4 rings (SSSR count). The van der Waals surface area contributed by atoms with Crippen LogP contribution in [0.15, 0.2) is 42.5 Å². The van der Waals surface area contributed by atoms with Crippen molar-refractivity contribution >= 4 is 52.8 Å². The van der Waals surface area contributed by atoms with Crippen LogP contribution in [0.25, 0.3) is 0 Å². The summed E-state index contributed by atoms with van der Waals surface area (Å²) in [5, 5.41) is 16.7. The first-order chi connectivity index (χ1) is 19.5. The lowest BCUT2D eigenvalue weighted by molar-refractivity contribution is -0.171. The van der Waals surface area contributed by atoms with Gasteiger partial charge in [-0.25, -0.2) is 5.01 Å². The predicted molar refractivity (Wildman–Crippen MR) is 145 cm³/mol. The van der Waals surface area contributed by atoms with E-state index in [0.29, 0.717) is 0 Å². The van der Waals surface area contributed by atoms with Crippen LogP contribution in [0.2, 0.25) is 10.0 Å². The highest BCUT2D eigenvalue weighted by Crippen LogP contribution is 2.32. The summed E-state index contributed by atoms with van der Waals surface area (Å²) in [6.07, 6.45) is -1.31. The molecule has 0 radical (unpaired) electrons. The first-order valence-electron chi connectivity index (χ1n) is 12.7. The summed E-state index contributed by atoms with van der Waals surface area (Å²) in [4.78, 5) is 64.5. The van der Waals surface area contributed by atoms with E-state index in [-0.39, 0.29) is 41.5 Å². The molecule has 2 heterocycles. The second kappa shape index (κ2) is 12.8. The van der Waals surface area contributed by atoms with E-state index in [9.17, 15) is 29.1 Å². The van der Waals surface area contributed by atoms with Crippen molar-refractivity contribution in [1.29, 1.82) is 0 Å². The summed E-state index contributed by atoms with van der Waals surface area (Å²) in [5.41, 5.74) is 0.827. The molecule has 218 valence electrons. The molecule has 2 saturated heterocycles. The summed E-state index contributed by atoms with van der Waals surface area (Å²) in [6.45, 7) is 1.56. The number of rotatable bonds is 8. The standard InChI is InChI=1S/C27H28Cl2N4O8/c1-14(24(37)31-20-12-22(35)41-27(20)40-13-15-6-4-3-5-7-15)33-26(39)19(8-9-21(34)32(33)2)30-25(38)16-10-17(28)23(36)18(29)11-16/h3-7,10-11,14,19-20,27,36H,8-9,12-13H2,1-2H3,(H,30,38)(H,31,37)/t14?,19-,20-,27+/m0/s1. The lowest BCUT2D eigenvalue weighted by Crippen LogP contribution is -2.60. The van der Waals surface area contributed by atoms with Crippen LogP contribution in [0, 0.1) is 0 Å².